The lowest BCUT2D eigenvalue weighted by atomic mass is 9.94. The molecule has 0 spiro atoms. The average molecular weight is 167 g/mol. The SMILES string of the molecule is C/C=C(/C)N(C)C1CCCCC1. The topological polar surface area (TPSA) is 3.24 Å². The van der Waals surface area contributed by atoms with Gasteiger partial charge in [0.1, 0.15) is 0 Å². The molecule has 0 saturated heterocycles. The molecule has 1 fully saturated rings. The smallest absolute Gasteiger partial charge is 0.0283 e. The van der Waals surface area contributed by atoms with E-state index in [4.69, 9.17) is 0 Å². The van der Waals surface area contributed by atoms with Gasteiger partial charge in [-0.15, -0.1) is 0 Å². The molecule has 0 aromatic rings. The largest absolute Gasteiger partial charge is 0.375 e. The summed E-state index contributed by atoms with van der Waals surface area (Å²) in [6.45, 7) is 4.32. The highest BCUT2D eigenvalue weighted by atomic mass is 15.1. The number of rotatable bonds is 2. The van der Waals surface area contributed by atoms with Crippen molar-refractivity contribution in [3.05, 3.63) is 11.8 Å². The van der Waals surface area contributed by atoms with E-state index in [0.29, 0.717) is 0 Å². The average Bonchev–Trinajstić information content (AvgIpc) is 2.17. The molecule has 0 aliphatic heterocycles. The zero-order chi connectivity index (χ0) is 8.97. The van der Waals surface area contributed by atoms with E-state index >= 15 is 0 Å². The van der Waals surface area contributed by atoms with Crippen LogP contribution in [0.5, 0.6) is 0 Å². The van der Waals surface area contributed by atoms with Crippen molar-refractivity contribution >= 4 is 0 Å². The van der Waals surface area contributed by atoms with Crippen LogP contribution in [0, 0.1) is 0 Å². The minimum absolute atomic E-state index is 0.815. The third-order valence-electron chi connectivity index (χ3n) is 3.10. The molecule has 0 radical (unpaired) electrons. The van der Waals surface area contributed by atoms with Crippen molar-refractivity contribution in [3.63, 3.8) is 0 Å². The van der Waals surface area contributed by atoms with Gasteiger partial charge in [0.15, 0.2) is 0 Å². The number of nitrogens with zero attached hydrogens (tertiary/aromatic N) is 1. The molecule has 1 rings (SSSR count). The van der Waals surface area contributed by atoms with E-state index in [1.54, 1.807) is 0 Å². The Morgan fingerprint density at radius 2 is 1.83 bits per heavy atom. The maximum atomic E-state index is 2.44. The highest BCUT2D eigenvalue weighted by Crippen LogP contribution is 2.23. The van der Waals surface area contributed by atoms with Gasteiger partial charge in [-0.05, 0) is 26.7 Å². The Morgan fingerprint density at radius 3 is 2.33 bits per heavy atom. The Labute approximate surface area is 76.5 Å². The monoisotopic (exact) mass is 167 g/mol. The molecule has 1 aliphatic carbocycles. The third-order valence-corrected chi connectivity index (χ3v) is 3.10. The second kappa shape index (κ2) is 4.54. The second-order valence-electron chi connectivity index (χ2n) is 3.83. The van der Waals surface area contributed by atoms with Crippen LogP contribution < -0.4 is 0 Å². The summed E-state index contributed by atoms with van der Waals surface area (Å²) in [6.07, 6.45) is 9.27. The summed E-state index contributed by atoms with van der Waals surface area (Å²) in [5.41, 5.74) is 1.42. The van der Waals surface area contributed by atoms with Gasteiger partial charge in [0.25, 0.3) is 0 Å². The van der Waals surface area contributed by atoms with Gasteiger partial charge in [-0.2, -0.15) is 0 Å². The van der Waals surface area contributed by atoms with Gasteiger partial charge in [0, 0.05) is 18.8 Å². The molecule has 1 saturated carbocycles. The van der Waals surface area contributed by atoms with E-state index in [-0.39, 0.29) is 0 Å². The van der Waals surface area contributed by atoms with Crippen LogP contribution in [0.25, 0.3) is 0 Å². The lowest BCUT2D eigenvalue weighted by Crippen LogP contribution is -2.31. The Morgan fingerprint density at radius 1 is 1.25 bits per heavy atom. The zero-order valence-electron chi connectivity index (χ0n) is 8.64. The molecular weight excluding hydrogens is 146 g/mol. The van der Waals surface area contributed by atoms with Crippen molar-refractivity contribution in [2.75, 3.05) is 7.05 Å². The van der Waals surface area contributed by atoms with Crippen LogP contribution in [0.15, 0.2) is 11.8 Å². The van der Waals surface area contributed by atoms with E-state index in [9.17, 15) is 0 Å². The lowest BCUT2D eigenvalue weighted by Gasteiger charge is -2.33. The summed E-state index contributed by atoms with van der Waals surface area (Å²) < 4.78 is 0. The van der Waals surface area contributed by atoms with Gasteiger partial charge < -0.3 is 4.90 Å². The molecule has 70 valence electrons. The molecule has 0 atom stereocenters. The van der Waals surface area contributed by atoms with Crippen LogP contribution in [0.2, 0.25) is 0 Å². The highest BCUT2D eigenvalue weighted by molar-refractivity contribution is 4.96. The van der Waals surface area contributed by atoms with Crippen molar-refractivity contribution in [3.8, 4) is 0 Å². The lowest BCUT2D eigenvalue weighted by molar-refractivity contribution is 0.236. The van der Waals surface area contributed by atoms with Crippen molar-refractivity contribution in [1.82, 2.24) is 4.90 Å². The molecule has 12 heavy (non-hydrogen) atoms. The number of allylic oxidation sites excluding steroid dienone is 2. The molecule has 0 bridgehead atoms. The zero-order valence-corrected chi connectivity index (χ0v) is 8.64. The predicted octanol–water partition coefficient (Wildman–Crippen LogP) is 3.17. The summed E-state index contributed by atoms with van der Waals surface area (Å²) in [6, 6.07) is 0.815. The normalized spacial score (nSPS) is 21.1. The first-order valence-electron chi connectivity index (χ1n) is 5.11. The number of hydrogen-bond acceptors (Lipinski definition) is 1. The molecule has 0 amide bonds. The van der Waals surface area contributed by atoms with Crippen molar-refractivity contribution < 1.29 is 0 Å². The fourth-order valence-corrected chi connectivity index (χ4v) is 1.96. The van der Waals surface area contributed by atoms with Crippen LogP contribution in [0.3, 0.4) is 0 Å². The first-order chi connectivity index (χ1) is 5.75. The maximum absolute atomic E-state index is 2.44. The van der Waals surface area contributed by atoms with Crippen LogP contribution in [0.4, 0.5) is 0 Å². The van der Waals surface area contributed by atoms with E-state index in [0.717, 1.165) is 6.04 Å². The van der Waals surface area contributed by atoms with Gasteiger partial charge in [-0.1, -0.05) is 25.3 Å². The molecule has 1 nitrogen and oxygen atoms in total. The Bertz CT molecular complexity index is 154. The van der Waals surface area contributed by atoms with Crippen molar-refractivity contribution in [1.29, 1.82) is 0 Å². The van der Waals surface area contributed by atoms with Gasteiger partial charge >= 0.3 is 0 Å². The predicted molar refractivity (Wildman–Crippen MR) is 54.1 cm³/mol. The van der Waals surface area contributed by atoms with E-state index in [1.807, 2.05) is 0 Å². The molecule has 0 aromatic heterocycles. The molecule has 1 heteroatoms. The minimum Gasteiger partial charge on any atom is -0.375 e. The Kier molecular flexibility index (Phi) is 3.64. The van der Waals surface area contributed by atoms with Gasteiger partial charge in [0.2, 0.25) is 0 Å². The maximum Gasteiger partial charge on any atom is 0.0283 e. The molecule has 0 unspecified atom stereocenters. The standard InChI is InChI=1S/C11H21N/c1-4-10(2)12(3)11-8-6-5-7-9-11/h4,11H,5-9H2,1-3H3/b10-4-. The second-order valence-corrected chi connectivity index (χ2v) is 3.83. The van der Waals surface area contributed by atoms with E-state index in [1.165, 1.54) is 37.8 Å². The van der Waals surface area contributed by atoms with Gasteiger partial charge in [-0.3, -0.25) is 0 Å². The van der Waals surface area contributed by atoms with Gasteiger partial charge in [0.05, 0.1) is 0 Å². The molecule has 0 heterocycles. The fourth-order valence-electron chi connectivity index (χ4n) is 1.96. The fraction of sp³-hybridized carbons (Fsp3) is 0.818. The first kappa shape index (κ1) is 9.63. The van der Waals surface area contributed by atoms with Crippen LogP contribution >= 0.6 is 0 Å². The molecule has 1 aliphatic rings. The number of hydrogen-bond donors (Lipinski definition) is 0. The van der Waals surface area contributed by atoms with Crippen molar-refractivity contribution in [2.24, 2.45) is 0 Å². The summed E-state index contributed by atoms with van der Waals surface area (Å²) in [4.78, 5) is 2.44. The first-order valence-corrected chi connectivity index (χ1v) is 5.11. The van der Waals surface area contributed by atoms with Crippen LogP contribution in [-0.4, -0.2) is 18.0 Å². The van der Waals surface area contributed by atoms with Crippen LogP contribution in [0.1, 0.15) is 46.0 Å². The third kappa shape index (κ3) is 2.26. The van der Waals surface area contributed by atoms with Gasteiger partial charge in [-0.25, -0.2) is 0 Å². The Balaban J connectivity index is 2.44. The molecule has 0 aromatic carbocycles. The highest BCUT2D eigenvalue weighted by Gasteiger charge is 2.17. The summed E-state index contributed by atoms with van der Waals surface area (Å²) in [5, 5.41) is 0. The van der Waals surface area contributed by atoms with Crippen LogP contribution in [-0.2, 0) is 0 Å². The van der Waals surface area contributed by atoms with Crippen molar-refractivity contribution in [2.45, 2.75) is 52.0 Å². The molecular formula is C11H21N. The van der Waals surface area contributed by atoms with E-state index < -0.39 is 0 Å². The quantitative estimate of drug-likeness (QED) is 0.610. The molecule has 0 N–H and O–H groups in total. The summed E-state index contributed by atoms with van der Waals surface area (Å²) >= 11 is 0. The summed E-state index contributed by atoms with van der Waals surface area (Å²) in [7, 11) is 2.23. The minimum atomic E-state index is 0.815. The summed E-state index contributed by atoms with van der Waals surface area (Å²) in [5.74, 6) is 0. The Hall–Kier alpha value is -0.460. The van der Waals surface area contributed by atoms with E-state index in [2.05, 4.69) is 31.9 Å².